The minimum atomic E-state index is -3.46. The van der Waals surface area contributed by atoms with Gasteiger partial charge in [-0.1, -0.05) is 26.3 Å². The van der Waals surface area contributed by atoms with Crippen LogP contribution in [0, 0.1) is 5.92 Å². The zero-order valence-electron chi connectivity index (χ0n) is 12.9. The minimum absolute atomic E-state index is 0.124. The normalized spacial score (nSPS) is 16.2. The van der Waals surface area contributed by atoms with Gasteiger partial charge in [0.1, 0.15) is 0 Å². The van der Waals surface area contributed by atoms with Crippen molar-refractivity contribution in [2.45, 2.75) is 51.0 Å². The third-order valence-corrected chi connectivity index (χ3v) is 6.34. The van der Waals surface area contributed by atoms with Crippen molar-refractivity contribution in [3.8, 4) is 0 Å². The molecule has 0 bridgehead atoms. The molecule has 1 aromatic rings. The first-order valence-electron chi connectivity index (χ1n) is 7.75. The number of aliphatic hydroxyl groups is 1. The van der Waals surface area contributed by atoms with E-state index in [4.69, 9.17) is 0 Å². The molecule has 0 amide bonds. The van der Waals surface area contributed by atoms with Gasteiger partial charge >= 0.3 is 0 Å². The topological polar surface area (TPSA) is 57.6 Å². The molecule has 1 N–H and O–H groups in total. The number of aryl methyl sites for hydroxylation is 1. The van der Waals surface area contributed by atoms with Crippen molar-refractivity contribution >= 4 is 10.0 Å². The Bertz CT molecular complexity index is 579. The number of nitrogens with zero attached hydrogens (tertiary/aromatic N) is 1. The monoisotopic (exact) mass is 311 g/mol. The van der Waals surface area contributed by atoms with Crippen molar-refractivity contribution < 1.29 is 13.5 Å². The Morgan fingerprint density at radius 3 is 2.43 bits per heavy atom. The van der Waals surface area contributed by atoms with Crippen molar-refractivity contribution in [2.24, 2.45) is 5.92 Å². The predicted molar refractivity (Wildman–Crippen MR) is 83.5 cm³/mol. The first-order chi connectivity index (χ1) is 10.0. The third kappa shape index (κ3) is 3.47. The van der Waals surface area contributed by atoms with Crippen LogP contribution >= 0.6 is 0 Å². The van der Waals surface area contributed by atoms with E-state index in [1.54, 1.807) is 16.4 Å². The summed E-state index contributed by atoms with van der Waals surface area (Å²) in [7, 11) is -3.46. The van der Waals surface area contributed by atoms with Crippen LogP contribution in [0.5, 0.6) is 0 Å². The summed E-state index contributed by atoms with van der Waals surface area (Å²) < 4.78 is 27.1. The molecule has 5 heteroatoms. The van der Waals surface area contributed by atoms with Gasteiger partial charge in [0.15, 0.2) is 0 Å². The van der Waals surface area contributed by atoms with Crippen LogP contribution < -0.4 is 0 Å². The molecule has 0 spiro atoms. The molecule has 0 aromatic heterocycles. The molecule has 0 saturated heterocycles. The van der Waals surface area contributed by atoms with Crippen LogP contribution in [0.4, 0.5) is 0 Å². The molecule has 0 aliphatic heterocycles. The number of rotatable bonds is 7. The van der Waals surface area contributed by atoms with Crippen LogP contribution in [0.2, 0.25) is 0 Å². The first kappa shape index (κ1) is 16.5. The fourth-order valence-electron chi connectivity index (χ4n) is 2.76. The molecule has 118 valence electrons. The smallest absolute Gasteiger partial charge is 0.243 e. The maximum atomic E-state index is 12.8. The van der Waals surface area contributed by atoms with E-state index in [0.717, 1.165) is 24.8 Å². The molecule has 21 heavy (non-hydrogen) atoms. The van der Waals surface area contributed by atoms with Gasteiger partial charge in [0.25, 0.3) is 0 Å². The van der Waals surface area contributed by atoms with E-state index in [0.29, 0.717) is 29.5 Å². The van der Waals surface area contributed by atoms with Gasteiger partial charge in [0, 0.05) is 13.1 Å². The summed E-state index contributed by atoms with van der Waals surface area (Å²) in [5, 5.41) is 9.42. The molecule has 1 aromatic carbocycles. The van der Waals surface area contributed by atoms with E-state index in [-0.39, 0.29) is 6.61 Å². The highest BCUT2D eigenvalue weighted by atomic mass is 32.2. The molecule has 1 fully saturated rings. The molecule has 0 atom stereocenters. The Morgan fingerprint density at radius 2 is 1.95 bits per heavy atom. The van der Waals surface area contributed by atoms with E-state index >= 15 is 0 Å². The average Bonchev–Trinajstić information content (AvgIpc) is 2.45. The number of hydrogen-bond acceptors (Lipinski definition) is 3. The fraction of sp³-hybridized carbons (Fsp3) is 0.625. The van der Waals surface area contributed by atoms with Gasteiger partial charge in [-0.3, -0.25) is 0 Å². The summed E-state index contributed by atoms with van der Waals surface area (Å²) in [6, 6.07) is 5.10. The zero-order chi connectivity index (χ0) is 15.5. The molecule has 0 heterocycles. The molecule has 4 nitrogen and oxygen atoms in total. The zero-order valence-corrected chi connectivity index (χ0v) is 13.7. The number of aliphatic hydroxyl groups excluding tert-OH is 1. The second-order valence-corrected chi connectivity index (χ2v) is 7.63. The number of benzene rings is 1. The van der Waals surface area contributed by atoms with Crippen LogP contribution in [-0.4, -0.2) is 30.9 Å². The van der Waals surface area contributed by atoms with E-state index in [2.05, 4.69) is 0 Å². The van der Waals surface area contributed by atoms with Crippen molar-refractivity contribution in [2.75, 3.05) is 13.1 Å². The molecule has 1 aliphatic carbocycles. The molecule has 2 rings (SSSR count). The Morgan fingerprint density at radius 1 is 1.24 bits per heavy atom. The van der Waals surface area contributed by atoms with Crippen LogP contribution in [0.15, 0.2) is 23.1 Å². The largest absolute Gasteiger partial charge is 0.392 e. The van der Waals surface area contributed by atoms with Crippen LogP contribution in [0.25, 0.3) is 0 Å². The fourth-order valence-corrected chi connectivity index (χ4v) is 4.34. The highest BCUT2D eigenvalue weighted by Gasteiger charge is 2.28. The highest BCUT2D eigenvalue weighted by Crippen LogP contribution is 2.29. The minimum Gasteiger partial charge on any atom is -0.392 e. The summed E-state index contributed by atoms with van der Waals surface area (Å²) in [4.78, 5) is 0.296. The standard InChI is InChI=1S/C16H25NO3S/c1-3-14-8-9-16(10-15(14)12-18)21(19,20)17(4-2)11-13-6-5-7-13/h8-10,13,18H,3-7,11-12H2,1-2H3. The third-order valence-electron chi connectivity index (χ3n) is 4.41. The van der Waals surface area contributed by atoms with Crippen molar-refractivity contribution in [3.05, 3.63) is 29.3 Å². The highest BCUT2D eigenvalue weighted by molar-refractivity contribution is 7.89. The van der Waals surface area contributed by atoms with Crippen LogP contribution in [0.3, 0.4) is 0 Å². The summed E-state index contributed by atoms with van der Waals surface area (Å²) in [5.41, 5.74) is 1.71. The van der Waals surface area contributed by atoms with Gasteiger partial charge < -0.3 is 5.11 Å². The van der Waals surface area contributed by atoms with Crippen LogP contribution in [0.1, 0.15) is 44.2 Å². The molecule has 0 radical (unpaired) electrons. The Kier molecular flexibility index (Phi) is 5.41. The predicted octanol–water partition coefficient (Wildman–Crippen LogP) is 2.55. The van der Waals surface area contributed by atoms with E-state index < -0.39 is 10.0 Å². The molecule has 1 aliphatic rings. The summed E-state index contributed by atoms with van der Waals surface area (Å²) in [5.74, 6) is 0.506. The second-order valence-electron chi connectivity index (χ2n) is 5.69. The van der Waals surface area contributed by atoms with Crippen molar-refractivity contribution in [3.63, 3.8) is 0 Å². The van der Waals surface area contributed by atoms with Gasteiger partial charge in [-0.25, -0.2) is 8.42 Å². The van der Waals surface area contributed by atoms with Crippen molar-refractivity contribution in [1.29, 1.82) is 0 Å². The van der Waals surface area contributed by atoms with Crippen molar-refractivity contribution in [1.82, 2.24) is 4.31 Å². The Hall–Kier alpha value is -0.910. The first-order valence-corrected chi connectivity index (χ1v) is 9.19. The van der Waals surface area contributed by atoms with E-state index in [9.17, 15) is 13.5 Å². The SMILES string of the molecule is CCc1ccc(S(=O)(=O)N(CC)CC2CCC2)cc1CO. The summed E-state index contributed by atoms with van der Waals surface area (Å²) >= 11 is 0. The Labute approximate surface area is 127 Å². The molecule has 1 saturated carbocycles. The lowest BCUT2D eigenvalue weighted by atomic mass is 9.85. The number of sulfonamides is 1. The summed E-state index contributed by atoms with van der Waals surface area (Å²) in [6.45, 7) is 4.86. The maximum absolute atomic E-state index is 12.8. The lowest BCUT2D eigenvalue weighted by Gasteiger charge is -2.31. The second kappa shape index (κ2) is 6.90. The van der Waals surface area contributed by atoms with Gasteiger partial charge in [-0.2, -0.15) is 4.31 Å². The van der Waals surface area contributed by atoms with E-state index in [1.807, 2.05) is 19.9 Å². The lowest BCUT2D eigenvalue weighted by molar-refractivity contribution is 0.250. The lowest BCUT2D eigenvalue weighted by Crippen LogP contribution is -2.37. The van der Waals surface area contributed by atoms with Gasteiger partial charge in [-0.15, -0.1) is 0 Å². The Balaban J connectivity index is 2.28. The molecule has 0 unspecified atom stereocenters. The van der Waals surface area contributed by atoms with E-state index in [1.165, 1.54) is 6.42 Å². The van der Waals surface area contributed by atoms with Gasteiger partial charge in [0.05, 0.1) is 11.5 Å². The van der Waals surface area contributed by atoms with Gasteiger partial charge in [-0.05, 0) is 48.4 Å². The van der Waals surface area contributed by atoms with Gasteiger partial charge in [0.2, 0.25) is 10.0 Å². The maximum Gasteiger partial charge on any atom is 0.243 e. The van der Waals surface area contributed by atoms with Crippen LogP contribution in [-0.2, 0) is 23.1 Å². The number of hydrogen-bond donors (Lipinski definition) is 1. The quantitative estimate of drug-likeness (QED) is 0.842. The average molecular weight is 311 g/mol. The summed E-state index contributed by atoms with van der Waals surface area (Å²) in [6.07, 6.45) is 4.25. The molecular formula is C16H25NO3S. The molecular weight excluding hydrogens is 286 g/mol.